The molecule has 2 N–H and O–H groups in total. The van der Waals surface area contributed by atoms with Gasteiger partial charge in [0.25, 0.3) is 0 Å². The summed E-state index contributed by atoms with van der Waals surface area (Å²) >= 11 is 0. The molecule has 3 rings (SSSR count). The van der Waals surface area contributed by atoms with Crippen molar-refractivity contribution >= 4 is 34.1 Å². The third-order valence-corrected chi connectivity index (χ3v) is 2.88. The molecular weight excluding hydrogens is 266 g/mol. The van der Waals surface area contributed by atoms with Crippen LogP contribution in [0, 0.1) is 0 Å². The quantitative estimate of drug-likeness (QED) is 0.770. The molecule has 1 aromatic carbocycles. The van der Waals surface area contributed by atoms with E-state index in [1.807, 2.05) is 36.4 Å². The molecule has 0 unspecified atom stereocenters. The number of nitrogens with one attached hydrogen (secondary N) is 2. The molecule has 0 radical (unpaired) electrons. The molecule has 0 fully saturated rings. The van der Waals surface area contributed by atoms with Crippen molar-refractivity contribution in [2.75, 3.05) is 10.6 Å². The van der Waals surface area contributed by atoms with Crippen molar-refractivity contribution in [2.45, 2.75) is 6.92 Å². The van der Waals surface area contributed by atoms with Crippen molar-refractivity contribution in [3.63, 3.8) is 0 Å². The maximum atomic E-state index is 11.0. The highest BCUT2D eigenvalue weighted by Gasteiger charge is 2.04. The van der Waals surface area contributed by atoms with Gasteiger partial charge >= 0.3 is 0 Å². The molecule has 0 aliphatic carbocycles. The largest absolute Gasteiger partial charge is 0.340 e. The van der Waals surface area contributed by atoms with Gasteiger partial charge in [-0.3, -0.25) is 4.79 Å². The van der Waals surface area contributed by atoms with E-state index in [9.17, 15) is 4.79 Å². The van der Waals surface area contributed by atoms with Crippen molar-refractivity contribution in [1.29, 1.82) is 0 Å². The number of nitrogens with zero attached hydrogens (tertiary/aromatic N) is 3. The topological polar surface area (TPSA) is 79.8 Å². The lowest BCUT2D eigenvalue weighted by Gasteiger charge is -2.08. The molecule has 104 valence electrons. The predicted molar refractivity (Wildman–Crippen MR) is 81.4 cm³/mol. The van der Waals surface area contributed by atoms with Crippen LogP contribution in [0.2, 0.25) is 0 Å². The van der Waals surface area contributed by atoms with Crippen LogP contribution >= 0.6 is 0 Å². The van der Waals surface area contributed by atoms with E-state index in [2.05, 4.69) is 25.6 Å². The lowest BCUT2D eigenvalue weighted by Crippen LogP contribution is -2.05. The molecule has 0 saturated heterocycles. The minimum atomic E-state index is -0.0939. The van der Waals surface area contributed by atoms with Gasteiger partial charge in [0.2, 0.25) is 5.91 Å². The lowest BCUT2D eigenvalue weighted by atomic mass is 10.2. The minimum Gasteiger partial charge on any atom is -0.340 e. The molecule has 0 aliphatic rings. The smallest absolute Gasteiger partial charge is 0.221 e. The molecule has 6 heteroatoms. The lowest BCUT2D eigenvalue weighted by molar-refractivity contribution is -0.114. The second kappa shape index (κ2) is 5.54. The molecule has 0 saturated carbocycles. The molecule has 1 amide bonds. The van der Waals surface area contributed by atoms with Crippen molar-refractivity contribution in [3.05, 3.63) is 48.9 Å². The van der Waals surface area contributed by atoms with E-state index in [1.54, 1.807) is 6.20 Å². The molecule has 2 aromatic heterocycles. The maximum absolute atomic E-state index is 11.0. The van der Waals surface area contributed by atoms with Crippen LogP contribution in [0.25, 0.3) is 11.0 Å². The van der Waals surface area contributed by atoms with Crippen LogP contribution < -0.4 is 10.6 Å². The third-order valence-electron chi connectivity index (χ3n) is 2.88. The van der Waals surface area contributed by atoms with Crippen LogP contribution in [0.4, 0.5) is 17.2 Å². The molecule has 0 bridgehead atoms. The summed E-state index contributed by atoms with van der Waals surface area (Å²) < 4.78 is 0. The van der Waals surface area contributed by atoms with E-state index in [1.165, 1.54) is 13.3 Å². The Hall–Kier alpha value is -3.02. The number of carbonyl (C=O) groups is 1. The van der Waals surface area contributed by atoms with Gasteiger partial charge in [0, 0.05) is 24.5 Å². The van der Waals surface area contributed by atoms with Crippen LogP contribution in [0.5, 0.6) is 0 Å². The zero-order valence-corrected chi connectivity index (χ0v) is 11.4. The summed E-state index contributed by atoms with van der Waals surface area (Å²) in [6.45, 7) is 1.48. The van der Waals surface area contributed by atoms with Gasteiger partial charge in [-0.15, -0.1) is 0 Å². The van der Waals surface area contributed by atoms with Crippen LogP contribution in [-0.4, -0.2) is 20.9 Å². The SMILES string of the molecule is CC(=O)Nc1ccc(Nc2ncnc3ncccc23)cc1. The first kappa shape index (κ1) is 13.0. The van der Waals surface area contributed by atoms with Crippen molar-refractivity contribution < 1.29 is 4.79 Å². The van der Waals surface area contributed by atoms with Gasteiger partial charge in [0.05, 0.1) is 5.39 Å². The Morgan fingerprint density at radius 1 is 1.00 bits per heavy atom. The molecule has 2 heterocycles. The monoisotopic (exact) mass is 279 g/mol. The number of benzene rings is 1. The fourth-order valence-electron chi connectivity index (χ4n) is 1.97. The number of hydrogen-bond donors (Lipinski definition) is 2. The fourth-order valence-corrected chi connectivity index (χ4v) is 1.97. The summed E-state index contributed by atoms with van der Waals surface area (Å²) in [6.07, 6.45) is 3.17. The van der Waals surface area contributed by atoms with Crippen LogP contribution in [0.1, 0.15) is 6.92 Å². The van der Waals surface area contributed by atoms with E-state index in [0.717, 1.165) is 16.8 Å². The number of pyridine rings is 1. The number of carbonyl (C=O) groups excluding carboxylic acids is 1. The van der Waals surface area contributed by atoms with E-state index >= 15 is 0 Å². The third kappa shape index (κ3) is 2.94. The summed E-state index contributed by atoms with van der Waals surface area (Å²) in [6, 6.07) is 11.1. The Bertz CT molecular complexity index is 780. The van der Waals surface area contributed by atoms with Crippen molar-refractivity contribution in [2.24, 2.45) is 0 Å². The summed E-state index contributed by atoms with van der Waals surface area (Å²) in [5, 5.41) is 6.80. The highest BCUT2D eigenvalue weighted by molar-refractivity contribution is 5.90. The van der Waals surface area contributed by atoms with Gasteiger partial charge in [-0.05, 0) is 36.4 Å². The number of anilines is 3. The van der Waals surface area contributed by atoms with Gasteiger partial charge in [-0.1, -0.05) is 0 Å². The number of aromatic nitrogens is 3. The predicted octanol–water partition coefficient (Wildman–Crippen LogP) is 2.73. The number of fused-ring (bicyclic) bond motifs is 1. The maximum Gasteiger partial charge on any atom is 0.221 e. The average molecular weight is 279 g/mol. The first-order chi connectivity index (χ1) is 10.2. The second-order valence-electron chi connectivity index (χ2n) is 4.48. The van der Waals surface area contributed by atoms with E-state index in [-0.39, 0.29) is 5.91 Å². The zero-order chi connectivity index (χ0) is 14.7. The molecule has 6 nitrogen and oxygen atoms in total. The Kier molecular flexibility index (Phi) is 3.42. The molecule has 3 aromatic rings. The average Bonchev–Trinajstić information content (AvgIpc) is 2.49. The first-order valence-corrected chi connectivity index (χ1v) is 6.43. The van der Waals surface area contributed by atoms with Gasteiger partial charge in [-0.2, -0.15) is 0 Å². The zero-order valence-electron chi connectivity index (χ0n) is 11.4. The normalized spacial score (nSPS) is 10.3. The Morgan fingerprint density at radius 3 is 2.52 bits per heavy atom. The first-order valence-electron chi connectivity index (χ1n) is 6.43. The van der Waals surface area contributed by atoms with Crippen molar-refractivity contribution in [3.8, 4) is 0 Å². The number of hydrogen-bond acceptors (Lipinski definition) is 5. The summed E-state index contributed by atoms with van der Waals surface area (Å²) in [4.78, 5) is 23.5. The molecule has 0 spiro atoms. The van der Waals surface area contributed by atoms with E-state index in [0.29, 0.717) is 11.5 Å². The van der Waals surface area contributed by atoms with Gasteiger partial charge in [0.15, 0.2) is 5.65 Å². The number of amides is 1. The van der Waals surface area contributed by atoms with Crippen molar-refractivity contribution in [1.82, 2.24) is 15.0 Å². The van der Waals surface area contributed by atoms with Gasteiger partial charge < -0.3 is 10.6 Å². The summed E-state index contributed by atoms with van der Waals surface area (Å²) in [5.74, 6) is 0.601. The Balaban J connectivity index is 1.87. The van der Waals surface area contributed by atoms with Gasteiger partial charge in [0.1, 0.15) is 12.1 Å². The standard InChI is InChI=1S/C15H13N5O/c1-10(21)19-11-4-6-12(7-5-11)20-15-13-3-2-8-16-14(13)17-9-18-15/h2-9H,1H3,(H,19,21)(H,16,17,18,20). The molecule has 0 aliphatic heterocycles. The molecular formula is C15H13N5O. The summed E-state index contributed by atoms with van der Waals surface area (Å²) in [5.41, 5.74) is 2.26. The molecule has 21 heavy (non-hydrogen) atoms. The highest BCUT2D eigenvalue weighted by atomic mass is 16.1. The fraction of sp³-hybridized carbons (Fsp3) is 0.0667. The minimum absolute atomic E-state index is 0.0939. The Morgan fingerprint density at radius 2 is 1.76 bits per heavy atom. The summed E-state index contributed by atoms with van der Waals surface area (Å²) in [7, 11) is 0. The van der Waals surface area contributed by atoms with Crippen LogP contribution in [0.3, 0.4) is 0 Å². The second-order valence-corrected chi connectivity index (χ2v) is 4.48. The Labute approximate surface area is 121 Å². The van der Waals surface area contributed by atoms with Crippen LogP contribution in [0.15, 0.2) is 48.9 Å². The van der Waals surface area contributed by atoms with E-state index < -0.39 is 0 Å². The van der Waals surface area contributed by atoms with E-state index in [4.69, 9.17) is 0 Å². The molecule has 0 atom stereocenters. The van der Waals surface area contributed by atoms with Crippen LogP contribution in [-0.2, 0) is 4.79 Å². The highest BCUT2D eigenvalue weighted by Crippen LogP contribution is 2.22. The number of rotatable bonds is 3. The van der Waals surface area contributed by atoms with Gasteiger partial charge in [-0.25, -0.2) is 15.0 Å².